The third kappa shape index (κ3) is 3.93. The van der Waals surface area contributed by atoms with Crippen LogP contribution in [-0.2, 0) is 6.54 Å². The first-order valence-corrected chi connectivity index (χ1v) is 7.85. The van der Waals surface area contributed by atoms with Crippen LogP contribution >= 0.6 is 0 Å². The lowest BCUT2D eigenvalue weighted by Gasteiger charge is -2.36. The van der Waals surface area contributed by atoms with Crippen molar-refractivity contribution in [3.05, 3.63) is 23.9 Å². The van der Waals surface area contributed by atoms with E-state index < -0.39 is 0 Å². The van der Waals surface area contributed by atoms with E-state index in [-0.39, 0.29) is 0 Å². The van der Waals surface area contributed by atoms with Crippen molar-refractivity contribution < 1.29 is 0 Å². The molecule has 2 rings (SSSR count). The van der Waals surface area contributed by atoms with E-state index in [1.54, 1.807) is 0 Å². The highest BCUT2D eigenvalue weighted by Crippen LogP contribution is 2.15. The minimum Gasteiger partial charge on any atom is -0.360 e. The molecule has 0 saturated carbocycles. The number of piperazine rings is 1. The lowest BCUT2D eigenvalue weighted by atomic mass is 10.1. The summed E-state index contributed by atoms with van der Waals surface area (Å²) in [6.45, 7) is 9.79. The van der Waals surface area contributed by atoms with Crippen LogP contribution in [0.2, 0.25) is 0 Å². The molecule has 1 unspecified atom stereocenters. The molecule has 1 aliphatic rings. The van der Waals surface area contributed by atoms with Gasteiger partial charge in [-0.05, 0) is 25.0 Å². The quantitative estimate of drug-likeness (QED) is 0.862. The van der Waals surface area contributed by atoms with E-state index in [4.69, 9.17) is 0 Å². The molecule has 1 aromatic heterocycles. The van der Waals surface area contributed by atoms with Crippen molar-refractivity contribution in [2.24, 2.45) is 0 Å². The maximum Gasteiger partial charge on any atom is 0.128 e. The Morgan fingerprint density at radius 1 is 1.40 bits per heavy atom. The molecule has 0 amide bonds. The lowest BCUT2D eigenvalue weighted by molar-refractivity contribution is 0.144. The average Bonchev–Trinajstić information content (AvgIpc) is 2.49. The largest absolute Gasteiger partial charge is 0.360 e. The predicted molar refractivity (Wildman–Crippen MR) is 85.2 cm³/mol. The molecule has 0 bridgehead atoms. The minimum absolute atomic E-state index is 0.673. The smallest absolute Gasteiger partial charge is 0.128 e. The number of hydrogen-bond donors (Lipinski definition) is 1. The number of anilines is 1. The maximum atomic E-state index is 4.57. The average molecular weight is 276 g/mol. The summed E-state index contributed by atoms with van der Waals surface area (Å²) in [7, 11) is 2.08. The molecule has 2 heterocycles. The van der Waals surface area contributed by atoms with Gasteiger partial charge in [-0.2, -0.15) is 0 Å². The Kier molecular flexibility index (Phi) is 5.80. The summed E-state index contributed by atoms with van der Waals surface area (Å²) in [6.07, 6.45) is 4.56. The van der Waals surface area contributed by atoms with Crippen LogP contribution < -0.4 is 10.2 Å². The molecule has 1 aliphatic heterocycles. The minimum atomic E-state index is 0.673. The van der Waals surface area contributed by atoms with E-state index in [9.17, 15) is 0 Å². The standard InChI is InChI=1S/C16H28N4/c1-4-6-15-12-17-9-10-20(15)13-14-7-8-16(18-11-14)19(3)5-2/h7-8,11,15,17H,4-6,9-10,12-13H2,1-3H3. The summed E-state index contributed by atoms with van der Waals surface area (Å²) < 4.78 is 0. The fourth-order valence-corrected chi connectivity index (χ4v) is 2.76. The fraction of sp³-hybridized carbons (Fsp3) is 0.688. The number of nitrogens with one attached hydrogen (secondary N) is 1. The van der Waals surface area contributed by atoms with Crippen LogP contribution in [0.1, 0.15) is 32.3 Å². The zero-order valence-electron chi connectivity index (χ0n) is 13.1. The van der Waals surface area contributed by atoms with Crippen molar-refractivity contribution in [2.45, 2.75) is 39.3 Å². The summed E-state index contributed by atoms with van der Waals surface area (Å²) in [5, 5.41) is 3.50. The second-order valence-corrected chi connectivity index (χ2v) is 5.66. The Bertz CT molecular complexity index is 388. The first kappa shape index (κ1) is 15.3. The van der Waals surface area contributed by atoms with Crippen molar-refractivity contribution in [1.82, 2.24) is 15.2 Å². The molecule has 112 valence electrons. The molecule has 4 nitrogen and oxygen atoms in total. The van der Waals surface area contributed by atoms with Gasteiger partial charge in [0.2, 0.25) is 0 Å². The van der Waals surface area contributed by atoms with E-state index in [2.05, 4.69) is 53.1 Å². The number of rotatable bonds is 6. The molecule has 0 spiro atoms. The second kappa shape index (κ2) is 7.60. The molecular formula is C16H28N4. The fourth-order valence-electron chi connectivity index (χ4n) is 2.76. The number of aromatic nitrogens is 1. The molecule has 1 fully saturated rings. The maximum absolute atomic E-state index is 4.57. The van der Waals surface area contributed by atoms with E-state index in [0.717, 1.165) is 38.5 Å². The van der Waals surface area contributed by atoms with Crippen LogP contribution in [0.4, 0.5) is 5.82 Å². The number of hydrogen-bond acceptors (Lipinski definition) is 4. The van der Waals surface area contributed by atoms with Crippen molar-refractivity contribution >= 4 is 5.82 Å². The Labute approximate surface area is 123 Å². The van der Waals surface area contributed by atoms with Gasteiger partial charge in [-0.1, -0.05) is 19.4 Å². The normalized spacial score (nSPS) is 20.1. The number of nitrogens with zero attached hydrogens (tertiary/aromatic N) is 3. The molecule has 1 aromatic rings. The molecule has 4 heteroatoms. The van der Waals surface area contributed by atoms with Gasteiger partial charge in [0.25, 0.3) is 0 Å². The van der Waals surface area contributed by atoms with Crippen LogP contribution in [0.5, 0.6) is 0 Å². The first-order valence-electron chi connectivity index (χ1n) is 7.85. The third-order valence-corrected chi connectivity index (χ3v) is 4.15. The molecule has 0 aliphatic carbocycles. The molecular weight excluding hydrogens is 248 g/mol. The van der Waals surface area contributed by atoms with Gasteiger partial charge in [0.15, 0.2) is 0 Å². The Morgan fingerprint density at radius 3 is 2.90 bits per heavy atom. The molecule has 0 aromatic carbocycles. The zero-order valence-corrected chi connectivity index (χ0v) is 13.1. The number of pyridine rings is 1. The topological polar surface area (TPSA) is 31.4 Å². The van der Waals surface area contributed by atoms with Gasteiger partial charge in [0.05, 0.1) is 0 Å². The van der Waals surface area contributed by atoms with Crippen molar-refractivity contribution in [2.75, 3.05) is 38.1 Å². The van der Waals surface area contributed by atoms with Crippen LogP contribution in [0.15, 0.2) is 18.3 Å². The van der Waals surface area contributed by atoms with Gasteiger partial charge in [-0.3, -0.25) is 4.90 Å². The Balaban J connectivity index is 1.97. The summed E-state index contributed by atoms with van der Waals surface area (Å²) in [5.74, 6) is 1.06. The monoisotopic (exact) mass is 276 g/mol. The van der Waals surface area contributed by atoms with Crippen molar-refractivity contribution in [3.63, 3.8) is 0 Å². The van der Waals surface area contributed by atoms with Gasteiger partial charge in [0.1, 0.15) is 5.82 Å². The van der Waals surface area contributed by atoms with E-state index >= 15 is 0 Å². The van der Waals surface area contributed by atoms with Crippen molar-refractivity contribution in [1.29, 1.82) is 0 Å². The summed E-state index contributed by atoms with van der Waals surface area (Å²) in [5.41, 5.74) is 1.32. The van der Waals surface area contributed by atoms with Gasteiger partial charge in [-0.15, -0.1) is 0 Å². The van der Waals surface area contributed by atoms with Gasteiger partial charge < -0.3 is 10.2 Å². The van der Waals surface area contributed by atoms with Crippen LogP contribution in [0, 0.1) is 0 Å². The van der Waals surface area contributed by atoms with E-state index in [0.29, 0.717) is 6.04 Å². The van der Waals surface area contributed by atoms with E-state index in [1.165, 1.54) is 18.4 Å². The third-order valence-electron chi connectivity index (χ3n) is 4.15. The zero-order chi connectivity index (χ0) is 14.4. The van der Waals surface area contributed by atoms with Crippen LogP contribution in [-0.4, -0.2) is 49.2 Å². The van der Waals surface area contributed by atoms with Gasteiger partial charge in [-0.25, -0.2) is 4.98 Å². The highest BCUT2D eigenvalue weighted by molar-refractivity contribution is 5.37. The summed E-state index contributed by atoms with van der Waals surface area (Å²) in [4.78, 5) is 9.33. The Hall–Kier alpha value is -1.13. The van der Waals surface area contributed by atoms with E-state index in [1.807, 2.05) is 6.20 Å². The van der Waals surface area contributed by atoms with Gasteiger partial charge >= 0.3 is 0 Å². The summed E-state index contributed by atoms with van der Waals surface area (Å²) in [6, 6.07) is 5.03. The van der Waals surface area contributed by atoms with Crippen LogP contribution in [0.3, 0.4) is 0 Å². The summed E-state index contributed by atoms with van der Waals surface area (Å²) >= 11 is 0. The molecule has 1 atom stereocenters. The molecule has 1 saturated heterocycles. The highest BCUT2D eigenvalue weighted by Gasteiger charge is 2.21. The first-order chi connectivity index (χ1) is 9.74. The second-order valence-electron chi connectivity index (χ2n) is 5.66. The SMILES string of the molecule is CCCC1CNCCN1Cc1ccc(N(C)CC)nc1. The van der Waals surface area contributed by atoms with Crippen LogP contribution in [0.25, 0.3) is 0 Å². The highest BCUT2D eigenvalue weighted by atomic mass is 15.2. The molecule has 0 radical (unpaired) electrons. The molecule has 1 N–H and O–H groups in total. The predicted octanol–water partition coefficient (Wildman–Crippen LogP) is 2.11. The van der Waals surface area contributed by atoms with Gasteiger partial charge in [0, 0.05) is 52.0 Å². The molecule has 20 heavy (non-hydrogen) atoms. The lowest BCUT2D eigenvalue weighted by Crippen LogP contribution is -2.50. The van der Waals surface area contributed by atoms with Crippen molar-refractivity contribution in [3.8, 4) is 0 Å². The Morgan fingerprint density at radius 2 is 2.25 bits per heavy atom.